The number of rotatable bonds is 3. The molecule has 0 fully saturated rings. The Kier molecular flexibility index (Phi) is 5.96. The molecular formula is C50H30N2S. The fourth-order valence-corrected chi connectivity index (χ4v) is 10.0. The summed E-state index contributed by atoms with van der Waals surface area (Å²) in [6, 6.07) is 64.9. The van der Waals surface area contributed by atoms with Gasteiger partial charge in [-0.05, 0) is 105 Å². The van der Waals surface area contributed by atoms with Crippen molar-refractivity contribution >= 4 is 96.5 Å². The van der Waals surface area contributed by atoms with Crippen LogP contribution < -0.4 is 0 Å². The number of nitrogens with zero attached hydrogens (tertiary/aromatic N) is 2. The van der Waals surface area contributed by atoms with Crippen molar-refractivity contribution in [3.63, 3.8) is 0 Å². The lowest BCUT2D eigenvalue weighted by Crippen LogP contribution is -1.93. The molecule has 0 saturated heterocycles. The van der Waals surface area contributed by atoms with Crippen molar-refractivity contribution in [3.05, 3.63) is 182 Å². The molecule has 0 bridgehead atoms. The second-order valence-electron chi connectivity index (χ2n) is 14.1. The number of benzene rings is 9. The van der Waals surface area contributed by atoms with E-state index in [2.05, 4.69) is 191 Å². The highest BCUT2D eigenvalue weighted by Gasteiger charge is 2.18. The van der Waals surface area contributed by atoms with Crippen molar-refractivity contribution < 1.29 is 0 Å². The minimum Gasteiger partial charge on any atom is -0.316 e. The minimum absolute atomic E-state index is 1.17. The van der Waals surface area contributed by atoms with E-state index in [-0.39, 0.29) is 0 Å². The van der Waals surface area contributed by atoms with Crippen LogP contribution in [0.3, 0.4) is 0 Å². The lowest BCUT2D eigenvalue weighted by molar-refractivity contribution is 1.13. The van der Waals surface area contributed by atoms with Gasteiger partial charge in [0.15, 0.2) is 0 Å². The van der Waals surface area contributed by atoms with Crippen molar-refractivity contribution in [1.29, 1.82) is 0 Å². The zero-order chi connectivity index (χ0) is 34.6. The molecule has 3 heteroatoms. The SMILES string of the molecule is c1ccc(-n2c3ccccc3c3cc4c5ccccc5c5cc(-c6cn(-c7ccc8sc9ccccc9c8c7)c7ccccc67)ccc5c4cc32)cc1. The van der Waals surface area contributed by atoms with Gasteiger partial charge in [-0.2, -0.15) is 0 Å². The van der Waals surface area contributed by atoms with Crippen molar-refractivity contribution in [2.75, 3.05) is 0 Å². The Morgan fingerprint density at radius 1 is 0.321 bits per heavy atom. The highest BCUT2D eigenvalue weighted by molar-refractivity contribution is 7.25. The van der Waals surface area contributed by atoms with Crippen molar-refractivity contribution in [3.8, 4) is 22.5 Å². The first-order chi connectivity index (χ1) is 26.3. The van der Waals surface area contributed by atoms with Crippen molar-refractivity contribution in [2.24, 2.45) is 0 Å². The van der Waals surface area contributed by atoms with Crippen molar-refractivity contribution in [1.82, 2.24) is 9.13 Å². The van der Waals surface area contributed by atoms with E-state index in [4.69, 9.17) is 0 Å². The second kappa shape index (κ2) is 10.9. The molecule has 53 heavy (non-hydrogen) atoms. The third kappa shape index (κ3) is 4.14. The molecule has 0 spiro atoms. The quantitative estimate of drug-likeness (QED) is 0.163. The largest absolute Gasteiger partial charge is 0.316 e. The Labute approximate surface area is 309 Å². The van der Waals surface area contributed by atoms with Crippen LogP contribution in [0, 0.1) is 0 Å². The van der Waals surface area contributed by atoms with Crippen LogP contribution in [0.4, 0.5) is 0 Å². The summed E-state index contributed by atoms with van der Waals surface area (Å²) in [5, 5.41) is 14.1. The average molecular weight is 691 g/mol. The van der Waals surface area contributed by atoms with E-state index in [9.17, 15) is 0 Å². The van der Waals surface area contributed by atoms with Crippen LogP contribution in [0.25, 0.3) is 108 Å². The highest BCUT2D eigenvalue weighted by Crippen LogP contribution is 2.43. The number of hydrogen-bond donors (Lipinski definition) is 0. The van der Waals surface area contributed by atoms with E-state index < -0.39 is 0 Å². The monoisotopic (exact) mass is 690 g/mol. The van der Waals surface area contributed by atoms with Gasteiger partial charge in [0, 0.05) is 59.5 Å². The molecule has 3 heterocycles. The van der Waals surface area contributed by atoms with Gasteiger partial charge in [0.05, 0.1) is 16.6 Å². The molecule has 0 aliphatic carbocycles. The molecule has 0 radical (unpaired) electrons. The first-order valence-corrected chi connectivity index (χ1v) is 19.0. The number of thiophene rings is 1. The highest BCUT2D eigenvalue weighted by atomic mass is 32.1. The summed E-state index contributed by atoms with van der Waals surface area (Å²) in [4.78, 5) is 0. The molecule has 12 rings (SSSR count). The standard InChI is InChI=1S/C50H30N2S/c1-2-12-32(13-3-1)52-47-20-10-7-16-37(47)43-28-41-35-15-5-4-14-34(35)40-26-31(22-24-36(40)42(41)29-48(43)52)45-30-51(46-19-9-6-17-38(45)46)33-23-25-50-44(27-33)39-18-8-11-21-49(39)53-50/h1-30H. The molecule has 0 amide bonds. The van der Waals surface area contributed by atoms with Gasteiger partial charge in [0.1, 0.15) is 0 Å². The summed E-state index contributed by atoms with van der Waals surface area (Å²) in [5.74, 6) is 0. The van der Waals surface area contributed by atoms with E-state index in [0.29, 0.717) is 0 Å². The molecule has 12 aromatic rings. The normalized spacial score (nSPS) is 12.2. The summed E-state index contributed by atoms with van der Waals surface area (Å²) in [7, 11) is 0. The van der Waals surface area contributed by atoms with E-state index in [1.54, 1.807) is 0 Å². The van der Waals surface area contributed by atoms with Gasteiger partial charge in [-0.3, -0.25) is 0 Å². The van der Waals surface area contributed by atoms with Crippen LogP contribution in [0.1, 0.15) is 0 Å². The topological polar surface area (TPSA) is 9.86 Å². The van der Waals surface area contributed by atoms with Crippen LogP contribution in [0.5, 0.6) is 0 Å². The van der Waals surface area contributed by atoms with Gasteiger partial charge in [0.25, 0.3) is 0 Å². The molecular weight excluding hydrogens is 661 g/mol. The molecule has 0 saturated carbocycles. The summed E-state index contributed by atoms with van der Waals surface area (Å²) in [6.07, 6.45) is 2.34. The molecule has 0 N–H and O–H groups in total. The van der Waals surface area contributed by atoms with Gasteiger partial charge in [-0.1, -0.05) is 109 Å². The number of fused-ring (bicyclic) bond motifs is 13. The van der Waals surface area contributed by atoms with Crippen molar-refractivity contribution in [2.45, 2.75) is 0 Å². The molecule has 0 unspecified atom stereocenters. The first-order valence-electron chi connectivity index (χ1n) is 18.2. The van der Waals surface area contributed by atoms with Crippen LogP contribution in [-0.4, -0.2) is 9.13 Å². The number of para-hydroxylation sites is 3. The molecule has 0 atom stereocenters. The predicted octanol–water partition coefficient (Wildman–Crippen LogP) is 14.2. The predicted molar refractivity (Wildman–Crippen MR) is 228 cm³/mol. The third-order valence-electron chi connectivity index (χ3n) is 11.3. The fraction of sp³-hybridized carbons (Fsp3) is 0. The zero-order valence-electron chi connectivity index (χ0n) is 28.6. The van der Waals surface area contributed by atoms with Gasteiger partial charge in [-0.25, -0.2) is 0 Å². The molecule has 3 aromatic heterocycles. The van der Waals surface area contributed by atoms with Crippen LogP contribution in [0.15, 0.2) is 182 Å². The Morgan fingerprint density at radius 3 is 1.77 bits per heavy atom. The van der Waals surface area contributed by atoms with Crippen LogP contribution >= 0.6 is 11.3 Å². The first kappa shape index (κ1) is 29.0. The molecule has 9 aromatic carbocycles. The Bertz CT molecular complexity index is 3450. The third-order valence-corrected chi connectivity index (χ3v) is 12.5. The maximum atomic E-state index is 2.43. The second-order valence-corrected chi connectivity index (χ2v) is 15.2. The van der Waals surface area contributed by atoms with Crippen LogP contribution in [0.2, 0.25) is 0 Å². The van der Waals surface area contributed by atoms with Gasteiger partial charge >= 0.3 is 0 Å². The smallest absolute Gasteiger partial charge is 0.0547 e. The summed E-state index contributed by atoms with van der Waals surface area (Å²) >= 11 is 1.86. The minimum atomic E-state index is 1.17. The van der Waals surface area contributed by atoms with E-state index >= 15 is 0 Å². The molecule has 246 valence electrons. The Balaban J connectivity index is 1.11. The lowest BCUT2D eigenvalue weighted by Gasteiger charge is -2.13. The summed E-state index contributed by atoms with van der Waals surface area (Å²) < 4.78 is 7.45. The van der Waals surface area contributed by atoms with Gasteiger partial charge < -0.3 is 9.13 Å². The lowest BCUT2D eigenvalue weighted by atomic mass is 9.91. The molecule has 0 aliphatic heterocycles. The maximum absolute atomic E-state index is 2.43. The molecule has 0 aliphatic rings. The Hall–Kier alpha value is -6.68. The Morgan fingerprint density at radius 2 is 0.943 bits per heavy atom. The van der Waals surface area contributed by atoms with E-state index in [0.717, 1.165) is 0 Å². The average Bonchev–Trinajstić information content (AvgIpc) is 3.90. The zero-order valence-corrected chi connectivity index (χ0v) is 29.4. The fourth-order valence-electron chi connectivity index (χ4n) is 8.93. The maximum Gasteiger partial charge on any atom is 0.0547 e. The number of hydrogen-bond acceptors (Lipinski definition) is 1. The van der Waals surface area contributed by atoms with Gasteiger partial charge in [-0.15, -0.1) is 11.3 Å². The molecule has 2 nitrogen and oxygen atoms in total. The van der Waals surface area contributed by atoms with Gasteiger partial charge in [0.2, 0.25) is 0 Å². The number of aromatic nitrogens is 2. The van der Waals surface area contributed by atoms with Crippen LogP contribution in [-0.2, 0) is 0 Å². The summed E-state index contributed by atoms with van der Waals surface area (Å²) in [6.45, 7) is 0. The van der Waals surface area contributed by atoms with E-state index in [1.165, 1.54) is 108 Å². The summed E-state index contributed by atoms with van der Waals surface area (Å²) in [5.41, 5.74) is 8.47. The van der Waals surface area contributed by atoms with E-state index in [1.807, 2.05) is 11.3 Å².